The van der Waals surface area contributed by atoms with Gasteiger partial charge in [-0.05, 0) is 30.4 Å². The molecule has 0 aliphatic heterocycles. The summed E-state index contributed by atoms with van der Waals surface area (Å²) in [5.74, 6) is 1.37. The van der Waals surface area contributed by atoms with Gasteiger partial charge in [-0.1, -0.05) is 39.0 Å². The molecule has 0 amide bonds. The van der Waals surface area contributed by atoms with Gasteiger partial charge in [0, 0.05) is 17.0 Å². The fourth-order valence-corrected chi connectivity index (χ4v) is 2.34. The van der Waals surface area contributed by atoms with Gasteiger partial charge in [-0.3, -0.25) is 4.79 Å². The van der Waals surface area contributed by atoms with Crippen LogP contribution in [0.4, 0.5) is 0 Å². The number of H-pyrrole nitrogens is 1. The van der Waals surface area contributed by atoms with E-state index in [-0.39, 0.29) is 11.0 Å². The summed E-state index contributed by atoms with van der Waals surface area (Å²) in [5.41, 5.74) is 2.96. The molecule has 1 saturated carbocycles. The van der Waals surface area contributed by atoms with Crippen molar-refractivity contribution in [2.45, 2.75) is 44.9 Å². The topological polar surface area (TPSA) is 45.8 Å². The highest BCUT2D eigenvalue weighted by Crippen LogP contribution is 2.40. The van der Waals surface area contributed by atoms with E-state index in [0.29, 0.717) is 11.7 Å². The van der Waals surface area contributed by atoms with E-state index >= 15 is 0 Å². The van der Waals surface area contributed by atoms with Gasteiger partial charge in [-0.2, -0.15) is 0 Å². The third-order valence-electron chi connectivity index (χ3n) is 3.72. The van der Waals surface area contributed by atoms with Crippen molar-refractivity contribution in [3.63, 3.8) is 0 Å². The summed E-state index contributed by atoms with van der Waals surface area (Å²) < 4.78 is 0. The number of hydrogen-bond acceptors (Lipinski definition) is 2. The molecule has 0 saturated heterocycles. The van der Waals surface area contributed by atoms with Crippen LogP contribution in [0.3, 0.4) is 0 Å². The van der Waals surface area contributed by atoms with Gasteiger partial charge in [0.05, 0.1) is 5.69 Å². The van der Waals surface area contributed by atoms with Crippen LogP contribution in [0, 0.1) is 0 Å². The first-order valence-electron chi connectivity index (χ1n) is 7.16. The van der Waals surface area contributed by atoms with Crippen molar-refractivity contribution < 1.29 is 0 Å². The Balaban J connectivity index is 2.07. The predicted octanol–water partition coefficient (Wildman–Crippen LogP) is 3.61. The molecule has 0 radical (unpaired) electrons. The van der Waals surface area contributed by atoms with Crippen molar-refractivity contribution in [3.05, 3.63) is 51.9 Å². The van der Waals surface area contributed by atoms with Crippen LogP contribution in [0.15, 0.2) is 35.1 Å². The zero-order chi connectivity index (χ0) is 14.3. The number of aromatic amines is 1. The molecule has 1 N–H and O–H groups in total. The zero-order valence-corrected chi connectivity index (χ0v) is 12.2. The molecule has 1 aliphatic rings. The maximum atomic E-state index is 11.9. The number of hydrogen-bond donors (Lipinski definition) is 1. The lowest BCUT2D eigenvalue weighted by Crippen LogP contribution is -2.19. The van der Waals surface area contributed by atoms with Crippen molar-refractivity contribution in [1.82, 2.24) is 9.97 Å². The molecule has 1 aromatic carbocycles. The van der Waals surface area contributed by atoms with Crippen LogP contribution in [0.2, 0.25) is 0 Å². The van der Waals surface area contributed by atoms with Crippen LogP contribution in [0.25, 0.3) is 11.4 Å². The highest BCUT2D eigenvalue weighted by Gasteiger charge is 2.24. The molecule has 2 aromatic rings. The van der Waals surface area contributed by atoms with Gasteiger partial charge in [0.1, 0.15) is 5.82 Å². The molecule has 3 heteroatoms. The van der Waals surface area contributed by atoms with Crippen LogP contribution < -0.4 is 5.56 Å². The van der Waals surface area contributed by atoms with E-state index in [1.54, 1.807) is 6.07 Å². The lowest BCUT2D eigenvalue weighted by atomic mass is 9.92. The van der Waals surface area contributed by atoms with E-state index in [1.807, 2.05) is 12.1 Å². The highest BCUT2D eigenvalue weighted by molar-refractivity contribution is 5.57. The zero-order valence-electron chi connectivity index (χ0n) is 12.2. The second-order valence-corrected chi connectivity index (χ2v) is 6.63. The summed E-state index contributed by atoms with van der Waals surface area (Å²) >= 11 is 0. The Morgan fingerprint density at radius 2 is 1.95 bits per heavy atom. The Hall–Kier alpha value is -1.90. The van der Waals surface area contributed by atoms with Crippen molar-refractivity contribution in [3.8, 4) is 11.4 Å². The van der Waals surface area contributed by atoms with E-state index in [9.17, 15) is 4.79 Å². The average molecular weight is 268 g/mol. The largest absolute Gasteiger partial charge is 0.307 e. The van der Waals surface area contributed by atoms with Crippen LogP contribution in [0.5, 0.6) is 0 Å². The summed E-state index contributed by atoms with van der Waals surface area (Å²) in [7, 11) is 0. The smallest absolute Gasteiger partial charge is 0.251 e. The Labute approximate surface area is 119 Å². The predicted molar refractivity (Wildman–Crippen MR) is 81.0 cm³/mol. The third-order valence-corrected chi connectivity index (χ3v) is 3.72. The van der Waals surface area contributed by atoms with E-state index in [1.165, 1.54) is 18.4 Å². The molecular formula is C17H20N2O. The summed E-state index contributed by atoms with van der Waals surface area (Å²) in [6, 6.07) is 9.97. The van der Waals surface area contributed by atoms with Crippen molar-refractivity contribution >= 4 is 0 Å². The monoisotopic (exact) mass is 268 g/mol. The number of rotatable bonds is 2. The minimum atomic E-state index is -0.128. The van der Waals surface area contributed by atoms with Crippen molar-refractivity contribution in [2.75, 3.05) is 0 Å². The van der Waals surface area contributed by atoms with Crippen LogP contribution >= 0.6 is 0 Å². The van der Waals surface area contributed by atoms with Crippen molar-refractivity contribution in [1.29, 1.82) is 0 Å². The maximum Gasteiger partial charge on any atom is 0.251 e. The second-order valence-electron chi connectivity index (χ2n) is 6.63. The van der Waals surface area contributed by atoms with E-state index in [2.05, 4.69) is 42.9 Å². The van der Waals surface area contributed by atoms with Crippen molar-refractivity contribution in [2.24, 2.45) is 0 Å². The summed E-state index contributed by atoms with van der Waals surface area (Å²) in [6.07, 6.45) is 2.55. The van der Waals surface area contributed by atoms with E-state index in [4.69, 9.17) is 0 Å². The molecule has 1 aliphatic carbocycles. The molecule has 20 heavy (non-hydrogen) atoms. The molecule has 3 nitrogen and oxygen atoms in total. The van der Waals surface area contributed by atoms with Gasteiger partial charge in [-0.15, -0.1) is 0 Å². The Bertz CT molecular complexity index is 691. The summed E-state index contributed by atoms with van der Waals surface area (Å²) in [6.45, 7) is 6.21. The van der Waals surface area contributed by atoms with E-state index in [0.717, 1.165) is 11.3 Å². The van der Waals surface area contributed by atoms with Gasteiger partial charge in [-0.25, -0.2) is 4.98 Å². The standard InChI is InChI=1S/C17H20N2O/c1-17(2,3)14-10-15(20)19-16(18-14)13-6-4-5-12(9-13)11-7-8-11/h4-6,9-11H,7-8H2,1-3H3,(H,18,19,20). The molecule has 1 aromatic heterocycles. The summed E-state index contributed by atoms with van der Waals surface area (Å²) in [5, 5.41) is 0. The molecule has 1 fully saturated rings. The Morgan fingerprint density at radius 3 is 2.60 bits per heavy atom. The lowest BCUT2D eigenvalue weighted by Gasteiger charge is -2.18. The van der Waals surface area contributed by atoms with Gasteiger partial charge < -0.3 is 4.98 Å². The molecule has 0 bridgehead atoms. The molecule has 0 spiro atoms. The van der Waals surface area contributed by atoms with Gasteiger partial charge in [0.15, 0.2) is 0 Å². The number of aromatic nitrogens is 2. The Morgan fingerprint density at radius 1 is 1.20 bits per heavy atom. The quantitative estimate of drug-likeness (QED) is 0.904. The lowest BCUT2D eigenvalue weighted by molar-refractivity contribution is 0.566. The minimum Gasteiger partial charge on any atom is -0.307 e. The fraction of sp³-hybridized carbons (Fsp3) is 0.412. The first kappa shape index (κ1) is 13.1. The SMILES string of the molecule is CC(C)(C)c1cc(=O)[nH]c(-c2cccc(C3CC3)c2)n1. The second kappa shape index (κ2) is 4.58. The van der Waals surface area contributed by atoms with Crippen LogP contribution in [0.1, 0.15) is 50.8 Å². The maximum absolute atomic E-state index is 11.9. The Kier molecular flexibility index (Phi) is 3.00. The summed E-state index contributed by atoms with van der Waals surface area (Å²) in [4.78, 5) is 19.4. The normalized spacial score (nSPS) is 15.3. The first-order chi connectivity index (χ1) is 9.43. The molecule has 1 heterocycles. The average Bonchev–Trinajstić information content (AvgIpc) is 3.21. The van der Waals surface area contributed by atoms with Crippen LogP contribution in [-0.2, 0) is 5.41 Å². The fourth-order valence-electron chi connectivity index (χ4n) is 2.34. The molecule has 0 unspecified atom stereocenters. The van der Waals surface area contributed by atoms with Crippen LogP contribution in [-0.4, -0.2) is 9.97 Å². The number of nitrogens with zero attached hydrogens (tertiary/aromatic N) is 1. The first-order valence-corrected chi connectivity index (χ1v) is 7.16. The molecule has 0 atom stereocenters. The van der Waals surface area contributed by atoms with Gasteiger partial charge in [0.25, 0.3) is 5.56 Å². The third kappa shape index (κ3) is 2.67. The minimum absolute atomic E-state index is 0.0863. The highest BCUT2D eigenvalue weighted by atomic mass is 16.1. The molecule has 3 rings (SSSR count). The molecular weight excluding hydrogens is 248 g/mol. The number of nitrogens with one attached hydrogen (secondary N) is 1. The molecule has 104 valence electrons. The van der Waals surface area contributed by atoms with E-state index < -0.39 is 0 Å². The van der Waals surface area contributed by atoms with Gasteiger partial charge >= 0.3 is 0 Å². The van der Waals surface area contributed by atoms with Gasteiger partial charge in [0.2, 0.25) is 0 Å². The number of benzene rings is 1.